The molecule has 4 nitrogen and oxygen atoms in total. The summed E-state index contributed by atoms with van der Waals surface area (Å²) in [5.41, 5.74) is 0. The number of likely N-dealkylation sites (N-methyl/N-ethyl adjacent to an activating group) is 1. The van der Waals surface area contributed by atoms with Gasteiger partial charge in [-0.05, 0) is 51.1 Å². The lowest BCUT2D eigenvalue weighted by Crippen LogP contribution is -2.45. The van der Waals surface area contributed by atoms with Gasteiger partial charge < -0.3 is 15.5 Å². The van der Waals surface area contributed by atoms with Crippen LogP contribution in [0, 0.1) is 0 Å². The van der Waals surface area contributed by atoms with Gasteiger partial charge >= 0.3 is 0 Å². The zero-order chi connectivity index (χ0) is 15.9. The number of nitrogens with one attached hydrogen (secondary N) is 2. The Balaban J connectivity index is 0.00000264. The first-order chi connectivity index (χ1) is 10.6. The molecular weight excluding hydrogens is 439 g/mol. The Kier molecular flexibility index (Phi) is 9.87. The van der Waals surface area contributed by atoms with Crippen LogP contribution in [0.1, 0.15) is 30.2 Å². The van der Waals surface area contributed by atoms with Crippen LogP contribution in [-0.2, 0) is 0 Å². The van der Waals surface area contributed by atoms with Gasteiger partial charge in [0.25, 0.3) is 0 Å². The monoisotopic (exact) mass is 468 g/mol. The molecule has 0 bridgehead atoms. The van der Waals surface area contributed by atoms with Crippen LogP contribution in [0.25, 0.3) is 0 Å². The molecule has 0 amide bonds. The van der Waals surface area contributed by atoms with E-state index in [0.29, 0.717) is 12.1 Å². The van der Waals surface area contributed by atoms with E-state index in [9.17, 15) is 0 Å². The van der Waals surface area contributed by atoms with Crippen LogP contribution in [0.15, 0.2) is 22.5 Å². The third-order valence-electron chi connectivity index (χ3n) is 4.24. The summed E-state index contributed by atoms with van der Waals surface area (Å²) in [7, 11) is 6.11. The second-order valence-electron chi connectivity index (χ2n) is 5.96. The van der Waals surface area contributed by atoms with E-state index in [1.807, 2.05) is 30.1 Å². The Morgan fingerprint density at radius 2 is 2.26 bits per heavy atom. The van der Waals surface area contributed by atoms with Crippen molar-refractivity contribution in [2.24, 2.45) is 4.99 Å². The predicted molar refractivity (Wildman–Crippen MR) is 116 cm³/mol. The van der Waals surface area contributed by atoms with Gasteiger partial charge in [-0.1, -0.05) is 6.07 Å². The molecular formula is C16H29IN4S2. The van der Waals surface area contributed by atoms with E-state index in [1.54, 1.807) is 0 Å². The first-order valence-corrected chi connectivity index (χ1v) is 10.0. The summed E-state index contributed by atoms with van der Waals surface area (Å²) in [5.74, 6) is 0.926. The Hall–Kier alpha value is 0.01000. The minimum absolute atomic E-state index is 0. The fraction of sp³-hybridized carbons (Fsp3) is 0.688. The molecule has 1 aliphatic rings. The third kappa shape index (κ3) is 6.43. The van der Waals surface area contributed by atoms with E-state index in [2.05, 4.69) is 58.4 Å². The first kappa shape index (κ1) is 21.1. The van der Waals surface area contributed by atoms with Gasteiger partial charge in [0, 0.05) is 29.8 Å². The summed E-state index contributed by atoms with van der Waals surface area (Å²) in [5, 5.41) is 10.0. The summed E-state index contributed by atoms with van der Waals surface area (Å²) >= 11 is 3.80. The number of guanidine groups is 1. The van der Waals surface area contributed by atoms with Crippen molar-refractivity contribution in [2.45, 2.75) is 36.6 Å². The van der Waals surface area contributed by atoms with Gasteiger partial charge in [-0.25, -0.2) is 0 Å². The average Bonchev–Trinajstić information content (AvgIpc) is 3.17. The van der Waals surface area contributed by atoms with Crippen LogP contribution in [-0.4, -0.2) is 56.1 Å². The number of thioether (sulfide) groups is 1. The number of hydrogen-bond acceptors (Lipinski definition) is 4. The Morgan fingerprint density at radius 3 is 2.78 bits per heavy atom. The minimum atomic E-state index is 0. The lowest BCUT2D eigenvalue weighted by Gasteiger charge is -2.25. The maximum absolute atomic E-state index is 4.39. The molecule has 3 unspecified atom stereocenters. The summed E-state index contributed by atoms with van der Waals surface area (Å²) in [4.78, 5) is 8.03. The van der Waals surface area contributed by atoms with E-state index < -0.39 is 0 Å². The molecule has 1 aromatic rings. The normalized spacial score (nSPS) is 22.7. The third-order valence-corrected chi connectivity index (χ3v) is 6.31. The van der Waals surface area contributed by atoms with Crippen LogP contribution in [0.3, 0.4) is 0 Å². The number of thiophene rings is 1. The number of rotatable bonds is 6. The second-order valence-corrected chi connectivity index (χ2v) is 8.08. The molecule has 0 saturated heterocycles. The summed E-state index contributed by atoms with van der Waals surface area (Å²) in [6.45, 7) is 0.867. The molecule has 2 rings (SSSR count). The zero-order valence-electron chi connectivity index (χ0n) is 14.4. The van der Waals surface area contributed by atoms with Crippen LogP contribution in [0.2, 0.25) is 0 Å². The Bertz CT molecular complexity index is 465. The largest absolute Gasteiger partial charge is 0.354 e. The van der Waals surface area contributed by atoms with Crippen molar-refractivity contribution in [3.05, 3.63) is 22.4 Å². The van der Waals surface area contributed by atoms with Gasteiger partial charge in [-0.15, -0.1) is 35.3 Å². The van der Waals surface area contributed by atoms with Crippen LogP contribution in [0.5, 0.6) is 0 Å². The number of aliphatic imine (C=N–C) groups is 1. The molecule has 23 heavy (non-hydrogen) atoms. The minimum Gasteiger partial charge on any atom is -0.354 e. The summed E-state index contributed by atoms with van der Waals surface area (Å²) in [6.07, 6.45) is 6.01. The molecule has 0 radical (unpaired) electrons. The molecule has 1 heterocycles. The van der Waals surface area contributed by atoms with Crippen molar-refractivity contribution in [3.63, 3.8) is 0 Å². The molecule has 2 N–H and O–H groups in total. The van der Waals surface area contributed by atoms with Crippen molar-refractivity contribution >= 4 is 53.0 Å². The average molecular weight is 468 g/mol. The number of halogens is 1. The fourth-order valence-electron chi connectivity index (χ4n) is 2.89. The van der Waals surface area contributed by atoms with Gasteiger partial charge in [-0.3, -0.25) is 4.99 Å². The number of hydrogen-bond donors (Lipinski definition) is 2. The van der Waals surface area contributed by atoms with E-state index >= 15 is 0 Å². The smallest absolute Gasteiger partial charge is 0.191 e. The molecule has 132 valence electrons. The Labute approximate surface area is 165 Å². The zero-order valence-corrected chi connectivity index (χ0v) is 18.4. The maximum atomic E-state index is 4.39. The second kappa shape index (κ2) is 10.8. The lowest BCUT2D eigenvalue weighted by molar-refractivity contribution is 0.302. The van der Waals surface area contributed by atoms with Crippen molar-refractivity contribution < 1.29 is 0 Å². The van der Waals surface area contributed by atoms with Crippen molar-refractivity contribution in [1.29, 1.82) is 0 Å². The van der Waals surface area contributed by atoms with Crippen molar-refractivity contribution in [2.75, 3.05) is 33.9 Å². The molecule has 1 saturated carbocycles. The molecule has 7 heteroatoms. The highest BCUT2D eigenvalue weighted by atomic mass is 127. The molecule has 1 aromatic heterocycles. The molecule has 0 aliphatic heterocycles. The van der Waals surface area contributed by atoms with Crippen molar-refractivity contribution in [3.8, 4) is 0 Å². The maximum Gasteiger partial charge on any atom is 0.191 e. The SMILES string of the molecule is CN=C(NCC(c1cccs1)N(C)C)NC1CCC(SC)C1.I. The quantitative estimate of drug-likeness (QED) is 0.382. The van der Waals surface area contributed by atoms with Crippen LogP contribution in [0.4, 0.5) is 0 Å². The molecule has 0 spiro atoms. The summed E-state index contributed by atoms with van der Waals surface area (Å²) in [6, 6.07) is 5.25. The van der Waals surface area contributed by atoms with Crippen LogP contribution >= 0.6 is 47.1 Å². The first-order valence-electron chi connectivity index (χ1n) is 7.83. The Morgan fingerprint density at radius 1 is 1.48 bits per heavy atom. The van der Waals surface area contributed by atoms with Gasteiger partial charge in [-0.2, -0.15) is 11.8 Å². The summed E-state index contributed by atoms with van der Waals surface area (Å²) < 4.78 is 0. The number of nitrogens with zero attached hydrogens (tertiary/aromatic N) is 2. The molecule has 0 aromatic carbocycles. The molecule has 1 fully saturated rings. The highest BCUT2D eigenvalue weighted by molar-refractivity contribution is 14.0. The lowest BCUT2D eigenvalue weighted by atomic mass is 10.2. The van der Waals surface area contributed by atoms with E-state index in [1.165, 1.54) is 24.1 Å². The van der Waals surface area contributed by atoms with E-state index in [4.69, 9.17) is 0 Å². The van der Waals surface area contributed by atoms with Gasteiger partial charge in [0.1, 0.15) is 0 Å². The van der Waals surface area contributed by atoms with Crippen molar-refractivity contribution in [1.82, 2.24) is 15.5 Å². The van der Waals surface area contributed by atoms with Gasteiger partial charge in [0.05, 0.1) is 6.04 Å². The molecule has 1 aliphatic carbocycles. The van der Waals surface area contributed by atoms with Crippen LogP contribution < -0.4 is 10.6 Å². The highest BCUT2D eigenvalue weighted by Crippen LogP contribution is 2.28. The fourth-order valence-corrected chi connectivity index (χ4v) is 4.60. The van der Waals surface area contributed by atoms with Gasteiger partial charge in [0.2, 0.25) is 0 Å². The van der Waals surface area contributed by atoms with E-state index in [0.717, 1.165) is 17.8 Å². The molecule has 3 atom stereocenters. The predicted octanol–water partition coefficient (Wildman–Crippen LogP) is 3.42. The van der Waals surface area contributed by atoms with E-state index in [-0.39, 0.29) is 24.0 Å². The topological polar surface area (TPSA) is 39.7 Å². The standard InChI is InChI=1S/C16H28N4S2.HI/c1-17-16(19-12-7-8-13(10-12)21-4)18-11-14(20(2)3)15-6-5-9-22-15;/h5-6,9,12-14H,7-8,10-11H2,1-4H3,(H2,17,18,19);1H. The van der Waals surface area contributed by atoms with Gasteiger partial charge in [0.15, 0.2) is 5.96 Å². The highest BCUT2D eigenvalue weighted by Gasteiger charge is 2.24.